The number of H-pyrrole nitrogens is 2. The van der Waals surface area contributed by atoms with Gasteiger partial charge in [-0.2, -0.15) is 0 Å². The summed E-state index contributed by atoms with van der Waals surface area (Å²) in [6, 6.07) is 16.6. The van der Waals surface area contributed by atoms with Crippen LogP contribution in [0.15, 0.2) is 78.9 Å². The largest absolute Gasteiger partial charge is 0.361 e. The fourth-order valence-electron chi connectivity index (χ4n) is 3.30. The van der Waals surface area contributed by atoms with Crippen molar-refractivity contribution in [3.8, 4) is 0 Å². The van der Waals surface area contributed by atoms with Crippen LogP contribution in [0.4, 0.5) is 0 Å². The van der Waals surface area contributed by atoms with Gasteiger partial charge in [-0.3, -0.25) is 9.59 Å². The van der Waals surface area contributed by atoms with Crippen molar-refractivity contribution in [2.24, 2.45) is 0 Å². The Bertz CT molecular complexity index is 1190. The van der Waals surface area contributed by atoms with Crippen molar-refractivity contribution in [2.75, 3.05) is 6.54 Å². The third-order valence-corrected chi connectivity index (χ3v) is 4.88. The van der Waals surface area contributed by atoms with Gasteiger partial charge in [0.2, 0.25) is 0 Å². The molecule has 2 aromatic carbocycles. The number of para-hydroxylation sites is 1. The number of rotatable bonds is 8. The molecule has 2 heterocycles. The normalized spacial score (nSPS) is 11.4. The lowest BCUT2D eigenvalue weighted by Crippen LogP contribution is -2.35. The molecule has 156 valence electrons. The van der Waals surface area contributed by atoms with Gasteiger partial charge in [-0.15, -0.1) is 0 Å². The molecular weight excluding hydrogens is 390 g/mol. The van der Waals surface area contributed by atoms with Crippen molar-refractivity contribution in [1.29, 1.82) is 0 Å². The minimum Gasteiger partial charge on any atom is -0.361 e. The maximum atomic E-state index is 12.9. The zero-order chi connectivity index (χ0) is 21.5. The maximum absolute atomic E-state index is 12.9. The van der Waals surface area contributed by atoms with Crippen LogP contribution in [0, 0.1) is 0 Å². The topological polar surface area (TPSA) is 103 Å². The Balaban J connectivity index is 1.51. The van der Waals surface area contributed by atoms with E-state index >= 15 is 0 Å². The Hall–Kier alpha value is -4.13. The molecule has 2 amide bonds. The lowest BCUT2D eigenvalue weighted by molar-refractivity contribution is -0.117. The summed E-state index contributed by atoms with van der Waals surface area (Å²) in [5.41, 5.74) is 2.46. The fourth-order valence-corrected chi connectivity index (χ4v) is 3.30. The molecule has 31 heavy (non-hydrogen) atoms. The van der Waals surface area contributed by atoms with Crippen molar-refractivity contribution in [3.63, 3.8) is 0 Å². The SMILES string of the molecule is O=C(NCCCc1ncc[nH]1)/C(=C/c1c[nH]c2ccccc12)NC(=O)c1ccccc1. The van der Waals surface area contributed by atoms with E-state index in [1.807, 2.05) is 36.5 Å². The van der Waals surface area contributed by atoms with Gasteiger partial charge in [0.15, 0.2) is 0 Å². The second-order valence-electron chi connectivity index (χ2n) is 7.06. The van der Waals surface area contributed by atoms with Gasteiger partial charge >= 0.3 is 0 Å². The van der Waals surface area contributed by atoms with Crippen molar-refractivity contribution in [2.45, 2.75) is 12.8 Å². The molecule has 0 atom stereocenters. The third kappa shape index (κ3) is 5.08. The highest BCUT2D eigenvalue weighted by atomic mass is 16.2. The Morgan fingerprint density at radius 2 is 1.81 bits per heavy atom. The lowest BCUT2D eigenvalue weighted by atomic mass is 10.1. The fraction of sp³-hybridized carbons (Fsp3) is 0.125. The molecule has 0 spiro atoms. The van der Waals surface area contributed by atoms with Crippen molar-refractivity contribution in [1.82, 2.24) is 25.6 Å². The standard InChI is InChI=1S/C24H23N5O2/c30-23(17-7-2-1-3-8-17)29-21(15-18-16-28-20-10-5-4-9-19(18)20)24(31)27-12-6-11-22-25-13-14-26-22/h1-5,7-10,13-16,28H,6,11-12H2,(H,25,26)(H,27,31)(H,29,30)/b21-15-. The van der Waals surface area contributed by atoms with Gasteiger partial charge in [0, 0.05) is 53.6 Å². The Kier molecular flexibility index (Phi) is 6.23. The quantitative estimate of drug-likeness (QED) is 0.263. The number of carbonyl (C=O) groups excluding carboxylic acids is 2. The first-order valence-corrected chi connectivity index (χ1v) is 10.1. The molecule has 0 saturated carbocycles. The zero-order valence-corrected chi connectivity index (χ0v) is 16.9. The average molecular weight is 413 g/mol. The highest BCUT2D eigenvalue weighted by molar-refractivity contribution is 6.06. The zero-order valence-electron chi connectivity index (χ0n) is 16.9. The number of aromatic nitrogens is 3. The minimum absolute atomic E-state index is 0.191. The number of nitrogens with one attached hydrogen (secondary N) is 4. The molecule has 0 radical (unpaired) electrons. The molecule has 7 nitrogen and oxygen atoms in total. The predicted octanol–water partition coefficient (Wildman–Crippen LogP) is 3.41. The van der Waals surface area contributed by atoms with Crippen LogP contribution in [0.5, 0.6) is 0 Å². The van der Waals surface area contributed by atoms with Crippen LogP contribution in [0.1, 0.15) is 28.2 Å². The summed E-state index contributed by atoms with van der Waals surface area (Å²) in [7, 11) is 0. The summed E-state index contributed by atoms with van der Waals surface area (Å²) >= 11 is 0. The summed E-state index contributed by atoms with van der Waals surface area (Å²) in [4.78, 5) is 36.0. The molecule has 4 aromatic rings. The van der Waals surface area contributed by atoms with E-state index < -0.39 is 0 Å². The molecule has 0 fully saturated rings. The molecule has 2 aromatic heterocycles. The number of nitrogens with zero attached hydrogens (tertiary/aromatic N) is 1. The first-order chi connectivity index (χ1) is 15.2. The number of hydrogen-bond donors (Lipinski definition) is 4. The number of amides is 2. The van der Waals surface area contributed by atoms with E-state index in [2.05, 4.69) is 25.6 Å². The molecule has 0 unspecified atom stereocenters. The maximum Gasteiger partial charge on any atom is 0.267 e. The molecule has 0 aliphatic rings. The third-order valence-electron chi connectivity index (χ3n) is 4.88. The second kappa shape index (κ2) is 9.58. The van der Waals surface area contributed by atoms with Crippen molar-refractivity contribution in [3.05, 3.63) is 95.8 Å². The summed E-state index contributed by atoms with van der Waals surface area (Å²) in [5.74, 6) is 0.202. The van der Waals surface area contributed by atoms with Crippen LogP contribution in [-0.2, 0) is 11.2 Å². The average Bonchev–Trinajstić information content (AvgIpc) is 3.47. The predicted molar refractivity (Wildman–Crippen MR) is 120 cm³/mol. The highest BCUT2D eigenvalue weighted by Gasteiger charge is 2.15. The number of carbonyl (C=O) groups is 2. The van der Waals surface area contributed by atoms with Crippen LogP contribution >= 0.6 is 0 Å². The summed E-state index contributed by atoms with van der Waals surface area (Å²) in [6.45, 7) is 0.464. The number of imidazole rings is 1. The number of benzene rings is 2. The van der Waals surface area contributed by atoms with Gasteiger partial charge < -0.3 is 20.6 Å². The van der Waals surface area contributed by atoms with Gasteiger partial charge in [-0.05, 0) is 30.7 Å². The van der Waals surface area contributed by atoms with Crippen molar-refractivity contribution >= 4 is 28.8 Å². The first-order valence-electron chi connectivity index (χ1n) is 10.1. The van der Waals surface area contributed by atoms with E-state index in [0.717, 1.165) is 35.1 Å². The summed E-state index contributed by atoms with van der Waals surface area (Å²) in [5, 5.41) is 6.63. The van der Waals surface area contributed by atoms with Crippen molar-refractivity contribution < 1.29 is 9.59 Å². The van der Waals surface area contributed by atoms with E-state index in [4.69, 9.17) is 0 Å². The van der Waals surface area contributed by atoms with Gasteiger partial charge in [0.05, 0.1) is 0 Å². The monoisotopic (exact) mass is 413 g/mol. The van der Waals surface area contributed by atoms with Gasteiger partial charge in [-0.25, -0.2) is 4.98 Å². The van der Waals surface area contributed by atoms with Crippen LogP contribution in [-0.4, -0.2) is 33.3 Å². The summed E-state index contributed by atoms with van der Waals surface area (Å²) < 4.78 is 0. The molecular formula is C24H23N5O2. The molecule has 0 aliphatic heterocycles. The van der Waals surface area contributed by atoms with E-state index in [9.17, 15) is 9.59 Å². The second-order valence-corrected chi connectivity index (χ2v) is 7.06. The Labute approximate surface area is 179 Å². The van der Waals surface area contributed by atoms with E-state index in [0.29, 0.717) is 12.1 Å². The Morgan fingerprint density at radius 3 is 2.61 bits per heavy atom. The summed E-state index contributed by atoms with van der Waals surface area (Å²) in [6.07, 6.45) is 8.45. The van der Waals surface area contributed by atoms with E-state index in [1.54, 1.807) is 42.7 Å². The lowest BCUT2D eigenvalue weighted by Gasteiger charge is -2.11. The van der Waals surface area contributed by atoms with E-state index in [-0.39, 0.29) is 17.5 Å². The minimum atomic E-state index is -0.339. The molecule has 0 bridgehead atoms. The number of hydrogen-bond acceptors (Lipinski definition) is 3. The van der Waals surface area contributed by atoms with Crippen LogP contribution in [0.2, 0.25) is 0 Å². The number of aromatic amines is 2. The van der Waals surface area contributed by atoms with Gasteiger partial charge in [-0.1, -0.05) is 36.4 Å². The number of fused-ring (bicyclic) bond motifs is 1. The Morgan fingerprint density at radius 1 is 1.00 bits per heavy atom. The van der Waals surface area contributed by atoms with Crippen LogP contribution < -0.4 is 10.6 Å². The smallest absolute Gasteiger partial charge is 0.267 e. The van der Waals surface area contributed by atoms with Gasteiger partial charge in [0.1, 0.15) is 11.5 Å². The molecule has 4 rings (SSSR count). The highest BCUT2D eigenvalue weighted by Crippen LogP contribution is 2.20. The van der Waals surface area contributed by atoms with Crippen LogP contribution in [0.3, 0.4) is 0 Å². The molecule has 7 heteroatoms. The first kappa shape index (κ1) is 20.2. The number of aryl methyl sites for hydroxylation is 1. The van der Waals surface area contributed by atoms with Gasteiger partial charge in [0.25, 0.3) is 11.8 Å². The van der Waals surface area contributed by atoms with E-state index in [1.165, 1.54) is 0 Å². The molecule has 0 saturated heterocycles. The molecule has 0 aliphatic carbocycles. The molecule has 4 N–H and O–H groups in total. The van der Waals surface area contributed by atoms with Crippen LogP contribution in [0.25, 0.3) is 17.0 Å².